The number of hydrogen-bond acceptors (Lipinski definition) is 3. The third-order valence-corrected chi connectivity index (χ3v) is 5.47. The summed E-state index contributed by atoms with van der Waals surface area (Å²) in [7, 11) is -3.50. The zero-order valence-electron chi connectivity index (χ0n) is 11.8. The summed E-state index contributed by atoms with van der Waals surface area (Å²) in [4.78, 5) is 0. The minimum atomic E-state index is -3.50. The quantitative estimate of drug-likeness (QED) is 0.809. The molecule has 1 rings (SSSR count). The van der Waals surface area contributed by atoms with Crippen molar-refractivity contribution >= 4 is 10.2 Å². The minimum absolute atomic E-state index is 0.106. The summed E-state index contributed by atoms with van der Waals surface area (Å²) in [5.41, 5.74) is -0.127. The fraction of sp³-hybridized carbons (Fsp3) is 1.00. The molecule has 0 spiro atoms. The van der Waals surface area contributed by atoms with Crippen LogP contribution in [0.3, 0.4) is 0 Å². The van der Waals surface area contributed by atoms with Gasteiger partial charge in [0.15, 0.2) is 0 Å². The number of nitrogens with zero attached hydrogens (tertiary/aromatic N) is 1. The molecule has 18 heavy (non-hydrogen) atoms. The molecular formula is C12H26N2O3S. The zero-order chi connectivity index (χ0) is 14.0. The lowest BCUT2D eigenvalue weighted by molar-refractivity contribution is 0.152. The molecule has 2 atom stereocenters. The van der Waals surface area contributed by atoms with Crippen molar-refractivity contribution in [2.75, 3.05) is 13.2 Å². The number of aliphatic hydroxyl groups is 1. The van der Waals surface area contributed by atoms with Crippen molar-refractivity contribution in [2.45, 2.75) is 59.0 Å². The molecule has 1 heterocycles. The third-order valence-electron chi connectivity index (χ3n) is 3.72. The Bertz CT molecular complexity index is 362. The average Bonchev–Trinajstić information content (AvgIpc) is 2.27. The first-order chi connectivity index (χ1) is 8.18. The highest BCUT2D eigenvalue weighted by molar-refractivity contribution is 7.87. The average molecular weight is 278 g/mol. The van der Waals surface area contributed by atoms with Crippen molar-refractivity contribution in [1.29, 1.82) is 0 Å². The SMILES string of the molecule is CC(NS(=O)(=O)N1CCCCC1CO)C(C)(C)C. The van der Waals surface area contributed by atoms with E-state index in [1.165, 1.54) is 4.31 Å². The molecule has 2 N–H and O–H groups in total. The maximum atomic E-state index is 12.3. The van der Waals surface area contributed by atoms with Crippen LogP contribution in [0.1, 0.15) is 47.0 Å². The number of hydrogen-bond donors (Lipinski definition) is 2. The standard InChI is InChI=1S/C12H26N2O3S/c1-10(12(2,3)4)13-18(16,17)14-8-6-5-7-11(14)9-15/h10-11,13,15H,5-9H2,1-4H3. The lowest BCUT2D eigenvalue weighted by Gasteiger charge is -2.36. The summed E-state index contributed by atoms with van der Waals surface area (Å²) < 4.78 is 28.8. The van der Waals surface area contributed by atoms with E-state index in [4.69, 9.17) is 0 Å². The summed E-state index contributed by atoms with van der Waals surface area (Å²) in [6, 6.07) is -0.424. The van der Waals surface area contributed by atoms with Gasteiger partial charge in [-0.15, -0.1) is 0 Å². The van der Waals surface area contributed by atoms with Gasteiger partial charge in [0.1, 0.15) is 0 Å². The van der Waals surface area contributed by atoms with E-state index in [0.29, 0.717) is 6.54 Å². The van der Waals surface area contributed by atoms with Crippen LogP contribution in [-0.4, -0.2) is 43.1 Å². The first kappa shape index (κ1) is 15.9. The van der Waals surface area contributed by atoms with Gasteiger partial charge in [0.05, 0.1) is 6.61 Å². The van der Waals surface area contributed by atoms with Crippen molar-refractivity contribution in [3.63, 3.8) is 0 Å². The van der Waals surface area contributed by atoms with E-state index in [9.17, 15) is 13.5 Å². The molecule has 1 aliphatic heterocycles. The van der Waals surface area contributed by atoms with E-state index < -0.39 is 10.2 Å². The second-order valence-corrected chi connectivity index (χ2v) is 7.81. The van der Waals surface area contributed by atoms with Crippen LogP contribution in [0.5, 0.6) is 0 Å². The monoisotopic (exact) mass is 278 g/mol. The normalized spacial score (nSPS) is 25.1. The Balaban J connectivity index is 2.79. The van der Waals surface area contributed by atoms with Crippen LogP contribution in [0.25, 0.3) is 0 Å². The second-order valence-electron chi connectivity index (χ2n) is 6.15. The summed E-state index contributed by atoms with van der Waals surface area (Å²) in [6.07, 6.45) is 2.58. The Labute approximate surface area is 111 Å². The minimum Gasteiger partial charge on any atom is -0.395 e. The largest absolute Gasteiger partial charge is 0.395 e. The first-order valence-corrected chi connectivity index (χ1v) is 8.02. The van der Waals surface area contributed by atoms with E-state index in [-0.39, 0.29) is 24.1 Å². The summed E-state index contributed by atoms with van der Waals surface area (Å²) in [5.74, 6) is 0. The topological polar surface area (TPSA) is 69.6 Å². The molecule has 0 aromatic heterocycles. The predicted molar refractivity (Wildman–Crippen MR) is 72.4 cm³/mol. The van der Waals surface area contributed by atoms with Crippen LogP contribution < -0.4 is 4.72 Å². The van der Waals surface area contributed by atoms with E-state index in [1.807, 2.05) is 27.7 Å². The van der Waals surface area contributed by atoms with Crippen molar-refractivity contribution < 1.29 is 13.5 Å². The van der Waals surface area contributed by atoms with Gasteiger partial charge in [-0.25, -0.2) is 0 Å². The van der Waals surface area contributed by atoms with Crippen LogP contribution >= 0.6 is 0 Å². The van der Waals surface area contributed by atoms with Crippen molar-refractivity contribution in [2.24, 2.45) is 5.41 Å². The molecule has 0 amide bonds. The first-order valence-electron chi connectivity index (χ1n) is 6.58. The number of piperidine rings is 1. The van der Waals surface area contributed by atoms with Crippen LogP contribution in [0.15, 0.2) is 0 Å². The van der Waals surface area contributed by atoms with Crippen LogP contribution in [0.2, 0.25) is 0 Å². The zero-order valence-corrected chi connectivity index (χ0v) is 12.6. The van der Waals surface area contributed by atoms with Crippen molar-refractivity contribution in [3.8, 4) is 0 Å². The molecule has 108 valence electrons. The maximum absolute atomic E-state index is 12.3. The summed E-state index contributed by atoms with van der Waals surface area (Å²) in [6.45, 7) is 8.26. The number of rotatable bonds is 4. The molecule has 6 heteroatoms. The lowest BCUT2D eigenvalue weighted by Crippen LogP contribution is -2.54. The van der Waals surface area contributed by atoms with Gasteiger partial charge in [0.2, 0.25) is 0 Å². The molecule has 1 fully saturated rings. The molecule has 0 saturated carbocycles. The maximum Gasteiger partial charge on any atom is 0.280 e. The number of aliphatic hydroxyl groups excluding tert-OH is 1. The van der Waals surface area contributed by atoms with E-state index in [0.717, 1.165) is 19.3 Å². The third kappa shape index (κ3) is 3.91. The van der Waals surface area contributed by atoms with Gasteiger partial charge < -0.3 is 5.11 Å². The van der Waals surface area contributed by atoms with Crippen LogP contribution in [-0.2, 0) is 10.2 Å². The molecule has 1 aliphatic rings. The highest BCUT2D eigenvalue weighted by Crippen LogP contribution is 2.23. The Morgan fingerprint density at radius 3 is 2.50 bits per heavy atom. The van der Waals surface area contributed by atoms with Gasteiger partial charge in [-0.3, -0.25) is 0 Å². The van der Waals surface area contributed by atoms with Crippen molar-refractivity contribution in [3.05, 3.63) is 0 Å². The van der Waals surface area contributed by atoms with E-state index >= 15 is 0 Å². The molecule has 0 radical (unpaired) electrons. The highest BCUT2D eigenvalue weighted by atomic mass is 32.2. The van der Waals surface area contributed by atoms with Gasteiger partial charge in [0, 0.05) is 18.6 Å². The van der Waals surface area contributed by atoms with E-state index in [2.05, 4.69) is 4.72 Å². The highest BCUT2D eigenvalue weighted by Gasteiger charge is 2.34. The summed E-state index contributed by atoms with van der Waals surface area (Å²) in [5, 5.41) is 9.28. The van der Waals surface area contributed by atoms with Gasteiger partial charge in [-0.05, 0) is 25.2 Å². The van der Waals surface area contributed by atoms with Gasteiger partial charge in [-0.1, -0.05) is 27.2 Å². The molecule has 1 saturated heterocycles. The molecule has 0 aromatic rings. The summed E-state index contributed by atoms with van der Waals surface area (Å²) >= 11 is 0. The fourth-order valence-corrected chi connectivity index (χ4v) is 3.81. The van der Waals surface area contributed by atoms with Gasteiger partial charge >= 0.3 is 0 Å². The Kier molecular flexibility index (Phi) is 5.17. The Morgan fingerprint density at radius 1 is 1.39 bits per heavy atom. The molecule has 5 nitrogen and oxygen atoms in total. The molecular weight excluding hydrogens is 252 g/mol. The second kappa shape index (κ2) is 5.86. The molecule has 0 aromatic carbocycles. The van der Waals surface area contributed by atoms with Crippen LogP contribution in [0.4, 0.5) is 0 Å². The predicted octanol–water partition coefficient (Wildman–Crippen LogP) is 1.10. The van der Waals surface area contributed by atoms with E-state index in [1.54, 1.807) is 0 Å². The molecule has 0 bridgehead atoms. The van der Waals surface area contributed by atoms with Crippen LogP contribution in [0, 0.1) is 5.41 Å². The van der Waals surface area contributed by atoms with Crippen molar-refractivity contribution in [1.82, 2.24) is 9.03 Å². The lowest BCUT2D eigenvalue weighted by atomic mass is 9.89. The number of nitrogens with one attached hydrogen (secondary N) is 1. The smallest absolute Gasteiger partial charge is 0.280 e. The van der Waals surface area contributed by atoms with Gasteiger partial charge in [-0.2, -0.15) is 17.4 Å². The Hall–Kier alpha value is -0.170. The van der Waals surface area contributed by atoms with Gasteiger partial charge in [0.25, 0.3) is 10.2 Å². The molecule has 0 aliphatic carbocycles. The fourth-order valence-electron chi connectivity index (χ4n) is 1.94. The molecule has 2 unspecified atom stereocenters. The Morgan fingerprint density at radius 2 is 2.00 bits per heavy atom.